The third-order valence-electron chi connectivity index (χ3n) is 5.54. The number of phenolic OH excluding ortho intramolecular Hbond substituents is 1. The van der Waals surface area contributed by atoms with E-state index in [9.17, 15) is 25.1 Å². The molecule has 1 saturated carbocycles. The van der Waals surface area contributed by atoms with Crippen LogP contribution in [0.5, 0.6) is 5.75 Å². The zero-order chi connectivity index (χ0) is 20.6. The monoisotopic (exact) mass is 391 g/mol. The topological polar surface area (TPSA) is 105 Å². The van der Waals surface area contributed by atoms with Crippen LogP contribution >= 0.6 is 0 Å². The average Bonchev–Trinajstić information content (AvgIpc) is 3.51. The Hall–Kier alpha value is -3.37. The molecular formula is C22H21N3O4. The molecule has 2 fully saturated rings. The van der Waals surface area contributed by atoms with Gasteiger partial charge in [-0.25, -0.2) is 0 Å². The van der Waals surface area contributed by atoms with E-state index in [-0.39, 0.29) is 17.6 Å². The summed E-state index contributed by atoms with van der Waals surface area (Å²) in [4.78, 5) is 28.3. The Labute approximate surface area is 168 Å². The number of nitriles is 1. The van der Waals surface area contributed by atoms with Crippen LogP contribution in [0.4, 0.5) is 0 Å². The number of rotatable bonds is 3. The number of amides is 2. The van der Waals surface area contributed by atoms with Gasteiger partial charge < -0.3 is 20.0 Å². The lowest BCUT2D eigenvalue weighted by atomic mass is 9.98. The maximum absolute atomic E-state index is 12.8. The molecule has 148 valence electrons. The standard InChI is InChI=1S/C22H21N3O4/c23-14-17-13-18(26)5-6-19(17)15-1-3-16(4-2-15)20(27)24-9-11-25(12-10-24)21(28)22(29)7-8-22/h1-6,13,26,29H,7-12H2. The second-order valence-corrected chi connectivity index (χ2v) is 7.54. The smallest absolute Gasteiger partial charge is 0.254 e. The summed E-state index contributed by atoms with van der Waals surface area (Å²) in [6, 6.07) is 13.7. The van der Waals surface area contributed by atoms with Crippen molar-refractivity contribution in [3.63, 3.8) is 0 Å². The van der Waals surface area contributed by atoms with Crippen molar-refractivity contribution in [1.82, 2.24) is 9.80 Å². The summed E-state index contributed by atoms with van der Waals surface area (Å²) in [6.45, 7) is 1.70. The zero-order valence-electron chi connectivity index (χ0n) is 15.8. The zero-order valence-corrected chi connectivity index (χ0v) is 15.8. The van der Waals surface area contributed by atoms with Crippen molar-refractivity contribution in [3.8, 4) is 22.9 Å². The van der Waals surface area contributed by atoms with E-state index in [1.165, 1.54) is 12.1 Å². The van der Waals surface area contributed by atoms with E-state index in [1.54, 1.807) is 40.1 Å². The molecule has 0 spiro atoms. The summed E-state index contributed by atoms with van der Waals surface area (Å²) >= 11 is 0. The van der Waals surface area contributed by atoms with Crippen molar-refractivity contribution in [2.45, 2.75) is 18.4 Å². The highest BCUT2D eigenvalue weighted by Gasteiger charge is 2.50. The van der Waals surface area contributed by atoms with Gasteiger partial charge in [-0.05, 0) is 54.3 Å². The number of aromatic hydroxyl groups is 1. The molecule has 7 heteroatoms. The molecule has 2 aliphatic rings. The molecule has 1 aliphatic carbocycles. The highest BCUT2D eigenvalue weighted by molar-refractivity contribution is 5.95. The molecule has 7 nitrogen and oxygen atoms in total. The number of phenols is 1. The Kier molecular flexibility index (Phi) is 4.73. The Morgan fingerprint density at radius 3 is 2.17 bits per heavy atom. The summed E-state index contributed by atoms with van der Waals surface area (Å²) in [7, 11) is 0. The molecule has 4 rings (SSSR count). The average molecular weight is 391 g/mol. The summed E-state index contributed by atoms with van der Waals surface area (Å²) in [6.07, 6.45) is 1.04. The van der Waals surface area contributed by atoms with Gasteiger partial charge >= 0.3 is 0 Å². The first-order valence-corrected chi connectivity index (χ1v) is 9.56. The lowest BCUT2D eigenvalue weighted by Crippen LogP contribution is -2.53. The fourth-order valence-corrected chi connectivity index (χ4v) is 3.59. The normalized spacial score (nSPS) is 17.5. The Bertz CT molecular complexity index is 998. The number of piperazine rings is 1. The van der Waals surface area contributed by atoms with Gasteiger partial charge in [0.05, 0.1) is 11.6 Å². The second kappa shape index (κ2) is 7.22. The first-order valence-electron chi connectivity index (χ1n) is 9.56. The molecule has 0 bridgehead atoms. The van der Waals surface area contributed by atoms with E-state index in [2.05, 4.69) is 6.07 Å². The van der Waals surface area contributed by atoms with Gasteiger partial charge in [0.1, 0.15) is 11.4 Å². The third kappa shape index (κ3) is 3.67. The van der Waals surface area contributed by atoms with E-state index in [4.69, 9.17) is 0 Å². The van der Waals surface area contributed by atoms with Gasteiger partial charge in [0, 0.05) is 31.7 Å². The van der Waals surface area contributed by atoms with Gasteiger partial charge in [-0.15, -0.1) is 0 Å². The fraction of sp³-hybridized carbons (Fsp3) is 0.318. The Morgan fingerprint density at radius 1 is 0.966 bits per heavy atom. The van der Waals surface area contributed by atoms with Crippen LogP contribution in [0.2, 0.25) is 0 Å². The van der Waals surface area contributed by atoms with Crippen LogP contribution in [0.1, 0.15) is 28.8 Å². The molecule has 0 aromatic heterocycles. The summed E-state index contributed by atoms with van der Waals surface area (Å²) in [5, 5.41) is 28.8. The van der Waals surface area contributed by atoms with Crippen LogP contribution in [0.25, 0.3) is 11.1 Å². The third-order valence-corrected chi connectivity index (χ3v) is 5.54. The van der Waals surface area contributed by atoms with Gasteiger partial charge in [-0.1, -0.05) is 12.1 Å². The van der Waals surface area contributed by atoms with Gasteiger partial charge in [0.2, 0.25) is 0 Å². The van der Waals surface area contributed by atoms with Gasteiger partial charge in [0.15, 0.2) is 0 Å². The molecule has 0 unspecified atom stereocenters. The summed E-state index contributed by atoms with van der Waals surface area (Å²) in [5.74, 6) is -0.306. The fourth-order valence-electron chi connectivity index (χ4n) is 3.59. The van der Waals surface area contributed by atoms with Crippen LogP contribution in [-0.4, -0.2) is 63.6 Å². The molecule has 0 atom stereocenters. The first kappa shape index (κ1) is 19.0. The van der Waals surface area contributed by atoms with Crippen molar-refractivity contribution in [3.05, 3.63) is 53.6 Å². The van der Waals surface area contributed by atoms with Gasteiger partial charge in [0.25, 0.3) is 11.8 Å². The van der Waals surface area contributed by atoms with Gasteiger partial charge in [-0.3, -0.25) is 9.59 Å². The number of aliphatic hydroxyl groups is 1. The van der Waals surface area contributed by atoms with E-state index >= 15 is 0 Å². The minimum atomic E-state index is -1.17. The lowest BCUT2D eigenvalue weighted by Gasteiger charge is -2.35. The SMILES string of the molecule is N#Cc1cc(O)ccc1-c1ccc(C(=O)N2CCN(C(=O)C3(O)CC3)CC2)cc1. The van der Waals surface area contributed by atoms with Crippen molar-refractivity contribution >= 4 is 11.8 Å². The molecule has 0 radical (unpaired) electrons. The van der Waals surface area contributed by atoms with E-state index < -0.39 is 5.60 Å². The molecule has 2 N–H and O–H groups in total. The molecule has 2 aromatic carbocycles. The molecule has 1 saturated heterocycles. The van der Waals surface area contributed by atoms with Crippen LogP contribution in [0.15, 0.2) is 42.5 Å². The molecule has 1 heterocycles. The van der Waals surface area contributed by atoms with Crippen LogP contribution in [0, 0.1) is 11.3 Å². The predicted molar refractivity (Wildman–Crippen MR) is 105 cm³/mol. The lowest BCUT2D eigenvalue weighted by molar-refractivity contribution is -0.143. The maximum atomic E-state index is 12.8. The van der Waals surface area contributed by atoms with Crippen LogP contribution < -0.4 is 0 Å². The van der Waals surface area contributed by atoms with E-state index in [1.807, 2.05) is 0 Å². The Balaban J connectivity index is 1.43. The van der Waals surface area contributed by atoms with Crippen molar-refractivity contribution in [2.75, 3.05) is 26.2 Å². The number of hydrogen-bond donors (Lipinski definition) is 2. The summed E-state index contributed by atoms with van der Waals surface area (Å²) in [5.41, 5.74) is 1.20. The quantitative estimate of drug-likeness (QED) is 0.829. The highest BCUT2D eigenvalue weighted by atomic mass is 16.3. The second-order valence-electron chi connectivity index (χ2n) is 7.54. The van der Waals surface area contributed by atoms with Crippen molar-refractivity contribution in [1.29, 1.82) is 5.26 Å². The van der Waals surface area contributed by atoms with Gasteiger partial charge in [-0.2, -0.15) is 5.26 Å². The number of nitrogens with zero attached hydrogens (tertiary/aromatic N) is 3. The van der Waals surface area contributed by atoms with E-state index in [0.717, 1.165) is 5.56 Å². The highest BCUT2D eigenvalue weighted by Crippen LogP contribution is 2.37. The Morgan fingerprint density at radius 2 is 1.59 bits per heavy atom. The molecular weight excluding hydrogens is 370 g/mol. The largest absolute Gasteiger partial charge is 0.508 e. The maximum Gasteiger partial charge on any atom is 0.254 e. The number of hydrogen-bond acceptors (Lipinski definition) is 5. The molecule has 2 amide bonds. The van der Waals surface area contributed by atoms with Crippen LogP contribution in [-0.2, 0) is 4.79 Å². The first-order chi connectivity index (χ1) is 13.9. The van der Waals surface area contributed by atoms with E-state index in [0.29, 0.717) is 55.7 Å². The molecule has 1 aliphatic heterocycles. The van der Waals surface area contributed by atoms with Crippen molar-refractivity contribution in [2.24, 2.45) is 0 Å². The minimum absolute atomic E-state index is 0.0310. The van der Waals surface area contributed by atoms with Crippen molar-refractivity contribution < 1.29 is 19.8 Å². The number of carbonyl (C=O) groups excluding carboxylic acids is 2. The van der Waals surface area contributed by atoms with Crippen LogP contribution in [0.3, 0.4) is 0 Å². The minimum Gasteiger partial charge on any atom is -0.508 e. The number of benzene rings is 2. The summed E-state index contributed by atoms with van der Waals surface area (Å²) < 4.78 is 0. The molecule has 29 heavy (non-hydrogen) atoms. The number of carbonyl (C=O) groups is 2. The predicted octanol–water partition coefficient (Wildman–Crippen LogP) is 1.74. The molecule has 2 aromatic rings.